The van der Waals surface area contributed by atoms with Crippen LogP contribution >= 0.6 is 27.5 Å². The highest BCUT2D eigenvalue weighted by atomic mass is 79.9. The maximum atomic E-state index is 13.3. The molecular weight excluding hydrogens is 409 g/mol. The highest BCUT2D eigenvalue weighted by Crippen LogP contribution is 2.24. The standard InChI is InChI=1S/C18H14BrClFN3O/c1-11-16(17(20)24(23-11)14-5-3-2-4-6-14)18(25)22-10-12-9-13(21)7-8-15(12)19/h2-9H,10H2,1H3,(H,22,25). The van der Waals surface area contributed by atoms with Gasteiger partial charge in [0.05, 0.1) is 16.9 Å². The summed E-state index contributed by atoms with van der Waals surface area (Å²) in [5.41, 5.74) is 2.22. The van der Waals surface area contributed by atoms with Gasteiger partial charge in [-0.3, -0.25) is 4.79 Å². The highest BCUT2D eigenvalue weighted by molar-refractivity contribution is 9.10. The lowest BCUT2D eigenvalue weighted by molar-refractivity contribution is 0.0950. The number of nitrogens with one attached hydrogen (secondary N) is 1. The van der Waals surface area contributed by atoms with Gasteiger partial charge in [0.2, 0.25) is 0 Å². The number of para-hydroxylation sites is 1. The second kappa shape index (κ2) is 7.37. The fourth-order valence-corrected chi connectivity index (χ4v) is 3.18. The molecule has 0 saturated carbocycles. The third kappa shape index (κ3) is 3.75. The molecule has 2 aromatic carbocycles. The quantitative estimate of drug-likeness (QED) is 0.664. The Morgan fingerprint density at radius 3 is 2.72 bits per heavy atom. The fraction of sp³-hybridized carbons (Fsp3) is 0.111. The molecule has 0 aliphatic heterocycles. The zero-order chi connectivity index (χ0) is 18.0. The lowest BCUT2D eigenvalue weighted by atomic mass is 10.2. The summed E-state index contributed by atoms with van der Waals surface area (Å²) in [6.07, 6.45) is 0. The van der Waals surface area contributed by atoms with Crippen molar-refractivity contribution in [3.8, 4) is 5.69 Å². The van der Waals surface area contributed by atoms with Gasteiger partial charge in [-0.2, -0.15) is 5.10 Å². The molecule has 25 heavy (non-hydrogen) atoms. The topological polar surface area (TPSA) is 46.9 Å². The van der Waals surface area contributed by atoms with Crippen molar-refractivity contribution in [1.29, 1.82) is 0 Å². The highest BCUT2D eigenvalue weighted by Gasteiger charge is 2.21. The molecule has 4 nitrogen and oxygen atoms in total. The fourth-order valence-electron chi connectivity index (χ4n) is 2.44. The van der Waals surface area contributed by atoms with E-state index in [1.165, 1.54) is 16.8 Å². The minimum atomic E-state index is -0.362. The van der Waals surface area contributed by atoms with E-state index in [1.54, 1.807) is 13.0 Å². The lowest BCUT2D eigenvalue weighted by Gasteiger charge is -2.08. The molecule has 0 spiro atoms. The van der Waals surface area contributed by atoms with Crippen LogP contribution in [0.4, 0.5) is 4.39 Å². The van der Waals surface area contributed by atoms with E-state index in [9.17, 15) is 9.18 Å². The third-order valence-corrected chi connectivity index (χ3v) is 4.80. The van der Waals surface area contributed by atoms with Gasteiger partial charge < -0.3 is 5.32 Å². The van der Waals surface area contributed by atoms with E-state index >= 15 is 0 Å². The minimum absolute atomic E-state index is 0.170. The average Bonchev–Trinajstić information content (AvgIpc) is 2.91. The van der Waals surface area contributed by atoms with Gasteiger partial charge in [-0.15, -0.1) is 0 Å². The number of rotatable bonds is 4. The molecule has 1 amide bonds. The monoisotopic (exact) mass is 421 g/mol. The van der Waals surface area contributed by atoms with E-state index in [2.05, 4.69) is 26.3 Å². The maximum Gasteiger partial charge on any atom is 0.256 e. The van der Waals surface area contributed by atoms with E-state index in [-0.39, 0.29) is 23.4 Å². The first-order valence-corrected chi connectivity index (χ1v) is 8.67. The van der Waals surface area contributed by atoms with Gasteiger partial charge in [0.1, 0.15) is 11.0 Å². The first-order valence-electron chi connectivity index (χ1n) is 7.50. The SMILES string of the molecule is Cc1nn(-c2ccccc2)c(Cl)c1C(=O)NCc1cc(F)ccc1Br. The Morgan fingerprint density at radius 1 is 1.28 bits per heavy atom. The van der Waals surface area contributed by atoms with E-state index in [0.717, 1.165) is 10.2 Å². The molecule has 0 aliphatic rings. The van der Waals surface area contributed by atoms with Crippen molar-refractivity contribution in [2.24, 2.45) is 0 Å². The van der Waals surface area contributed by atoms with E-state index in [4.69, 9.17) is 11.6 Å². The van der Waals surface area contributed by atoms with Crippen LogP contribution in [-0.4, -0.2) is 15.7 Å². The van der Waals surface area contributed by atoms with Crippen molar-refractivity contribution in [2.75, 3.05) is 0 Å². The Morgan fingerprint density at radius 2 is 2.00 bits per heavy atom. The Labute approximate surface area is 157 Å². The lowest BCUT2D eigenvalue weighted by Crippen LogP contribution is -2.23. The van der Waals surface area contributed by atoms with E-state index in [1.807, 2.05) is 30.3 Å². The number of carbonyl (C=O) groups excluding carboxylic acids is 1. The van der Waals surface area contributed by atoms with Gasteiger partial charge in [-0.25, -0.2) is 9.07 Å². The number of carbonyl (C=O) groups is 1. The van der Waals surface area contributed by atoms with Crippen molar-refractivity contribution in [2.45, 2.75) is 13.5 Å². The van der Waals surface area contributed by atoms with Crippen molar-refractivity contribution in [1.82, 2.24) is 15.1 Å². The smallest absolute Gasteiger partial charge is 0.256 e. The van der Waals surface area contributed by atoms with E-state index < -0.39 is 0 Å². The van der Waals surface area contributed by atoms with Crippen molar-refractivity contribution >= 4 is 33.4 Å². The second-order valence-electron chi connectivity index (χ2n) is 5.42. The number of aromatic nitrogens is 2. The van der Waals surface area contributed by atoms with Crippen LogP contribution < -0.4 is 5.32 Å². The molecule has 0 unspecified atom stereocenters. The Bertz CT molecular complexity index is 928. The van der Waals surface area contributed by atoms with Crippen LogP contribution in [0.5, 0.6) is 0 Å². The van der Waals surface area contributed by atoms with Crippen molar-refractivity contribution in [3.05, 3.63) is 80.8 Å². The largest absolute Gasteiger partial charge is 0.348 e. The summed E-state index contributed by atoms with van der Waals surface area (Å²) in [6, 6.07) is 13.6. The molecular formula is C18H14BrClFN3O. The molecule has 128 valence electrons. The summed E-state index contributed by atoms with van der Waals surface area (Å²) < 4.78 is 15.6. The predicted octanol–water partition coefficient (Wildman–Crippen LogP) is 4.67. The normalized spacial score (nSPS) is 10.7. The molecule has 3 rings (SSSR count). The summed E-state index contributed by atoms with van der Waals surface area (Å²) in [4.78, 5) is 12.5. The van der Waals surface area contributed by atoms with Crippen LogP contribution in [0.1, 0.15) is 21.6 Å². The van der Waals surface area contributed by atoms with Crippen molar-refractivity contribution < 1.29 is 9.18 Å². The molecule has 1 aromatic heterocycles. The third-order valence-electron chi connectivity index (χ3n) is 3.68. The number of halogens is 3. The number of aryl methyl sites for hydroxylation is 1. The van der Waals surface area contributed by atoms with Crippen molar-refractivity contribution in [3.63, 3.8) is 0 Å². The Hall–Kier alpha value is -2.18. The average molecular weight is 423 g/mol. The number of benzene rings is 2. The van der Waals surface area contributed by atoms with Crippen LogP contribution in [0.3, 0.4) is 0 Å². The zero-order valence-electron chi connectivity index (χ0n) is 13.3. The number of hydrogen-bond donors (Lipinski definition) is 1. The summed E-state index contributed by atoms with van der Waals surface area (Å²) >= 11 is 9.71. The summed E-state index contributed by atoms with van der Waals surface area (Å²) in [5.74, 6) is -0.723. The van der Waals surface area contributed by atoms with E-state index in [0.29, 0.717) is 16.8 Å². The summed E-state index contributed by atoms with van der Waals surface area (Å²) in [7, 11) is 0. The zero-order valence-corrected chi connectivity index (χ0v) is 15.6. The van der Waals surface area contributed by atoms with Gasteiger partial charge in [-0.1, -0.05) is 45.7 Å². The summed E-state index contributed by atoms with van der Waals surface area (Å²) in [6.45, 7) is 1.89. The second-order valence-corrected chi connectivity index (χ2v) is 6.63. The van der Waals surface area contributed by atoms with Crippen LogP contribution in [0.15, 0.2) is 53.0 Å². The van der Waals surface area contributed by atoms with Crippen LogP contribution in [-0.2, 0) is 6.54 Å². The maximum absolute atomic E-state index is 13.3. The molecule has 0 radical (unpaired) electrons. The predicted molar refractivity (Wildman–Crippen MR) is 98.6 cm³/mol. The Kier molecular flexibility index (Phi) is 5.20. The molecule has 0 aliphatic carbocycles. The first kappa shape index (κ1) is 17.6. The molecule has 0 fully saturated rings. The van der Waals surface area contributed by atoms with Crippen LogP contribution in [0, 0.1) is 12.7 Å². The van der Waals surface area contributed by atoms with Gasteiger partial charge >= 0.3 is 0 Å². The van der Waals surface area contributed by atoms with Gasteiger partial charge in [-0.05, 0) is 42.8 Å². The van der Waals surface area contributed by atoms with Gasteiger partial charge in [0.25, 0.3) is 5.91 Å². The molecule has 3 aromatic rings. The molecule has 7 heteroatoms. The number of nitrogens with zero attached hydrogens (tertiary/aromatic N) is 2. The molecule has 1 N–H and O–H groups in total. The number of amides is 1. The molecule has 1 heterocycles. The van der Waals surface area contributed by atoms with Crippen LogP contribution in [0.2, 0.25) is 5.15 Å². The Balaban J connectivity index is 1.83. The van der Waals surface area contributed by atoms with Gasteiger partial charge in [0.15, 0.2) is 0 Å². The van der Waals surface area contributed by atoms with Crippen LogP contribution in [0.25, 0.3) is 5.69 Å². The molecule has 0 saturated heterocycles. The first-order chi connectivity index (χ1) is 12.0. The summed E-state index contributed by atoms with van der Waals surface area (Å²) in [5, 5.41) is 7.33. The minimum Gasteiger partial charge on any atom is -0.348 e. The number of hydrogen-bond acceptors (Lipinski definition) is 2. The molecule has 0 bridgehead atoms. The van der Waals surface area contributed by atoms with Gasteiger partial charge in [0, 0.05) is 11.0 Å². The molecule has 0 atom stereocenters.